The molecule has 9 aromatic rings. The molecule has 0 bridgehead atoms. The van der Waals surface area contributed by atoms with E-state index in [1.165, 1.54) is 0 Å². The van der Waals surface area contributed by atoms with Gasteiger partial charge in [0.2, 0.25) is 0 Å². The van der Waals surface area contributed by atoms with Crippen molar-refractivity contribution in [2.45, 2.75) is 0 Å². The second kappa shape index (κ2) is 11.8. The van der Waals surface area contributed by atoms with Gasteiger partial charge in [0.25, 0.3) is 0 Å². The summed E-state index contributed by atoms with van der Waals surface area (Å²) in [6.07, 6.45) is 0. The highest BCUT2D eigenvalue weighted by molar-refractivity contribution is 6.19. The van der Waals surface area contributed by atoms with E-state index in [4.69, 9.17) is 11.3 Å². The first-order valence-corrected chi connectivity index (χ1v) is 15.9. The van der Waals surface area contributed by atoms with E-state index in [0.717, 1.165) is 50.4 Å². The van der Waals surface area contributed by atoms with Crippen LogP contribution in [-0.2, 0) is 0 Å². The number of hydrogen-bond donors (Lipinski definition) is 0. The van der Waals surface area contributed by atoms with E-state index in [1.54, 1.807) is 6.07 Å². The van der Waals surface area contributed by atoms with Crippen LogP contribution in [0.5, 0.6) is 0 Å². The Morgan fingerprint density at radius 1 is 0.438 bits per heavy atom. The average molecular weight is 620 g/mol. The van der Waals surface area contributed by atoms with Gasteiger partial charge in [-0.25, -0.2) is 0 Å². The fraction of sp³-hybridized carbons (Fsp3) is 0. The molecule has 0 radical (unpaired) electrons. The third-order valence-corrected chi connectivity index (χ3v) is 8.84. The molecule has 0 saturated carbocycles. The zero-order valence-electron chi connectivity index (χ0n) is 31.8. The summed E-state index contributed by atoms with van der Waals surface area (Å²) in [6, 6.07) is 49.3. The highest BCUT2D eigenvalue weighted by Gasteiger charge is 2.21. The third-order valence-electron chi connectivity index (χ3n) is 8.84. The standard InChI is InChI=1S/C46H31NO/c1-3-12-32(13-4-1)34-22-27-37(28-23-34)47(38-29-24-35(25-30-38)33-14-5-2-6-15-33)43-20-10-9-18-40(43)41-19-11-21-44-45(41)42-31-26-36-16-7-8-17-39(36)46(42)48-44/h1-31H/i7D,8D,16D,17D,26D,31D. The van der Waals surface area contributed by atoms with Crippen LogP contribution in [0, 0.1) is 0 Å². The molecule has 0 atom stereocenters. The smallest absolute Gasteiger partial charge is 0.143 e. The lowest BCUT2D eigenvalue weighted by Gasteiger charge is -2.28. The zero-order valence-corrected chi connectivity index (χ0v) is 25.8. The van der Waals surface area contributed by atoms with Crippen molar-refractivity contribution >= 4 is 49.8 Å². The SMILES string of the molecule is [2H]c1c([2H])c([2H])c2c(c1[2H])c([2H])c([2H])c1c2oc2cccc(-c3ccccc3N(c3ccc(-c4ccccc4)cc3)c3ccc(-c4ccccc4)cc3)c21. The summed E-state index contributed by atoms with van der Waals surface area (Å²) in [4.78, 5) is 2.21. The van der Waals surface area contributed by atoms with Crippen molar-refractivity contribution in [1.82, 2.24) is 0 Å². The molecule has 0 aliphatic heterocycles. The first-order valence-electron chi connectivity index (χ1n) is 18.9. The van der Waals surface area contributed by atoms with Crippen molar-refractivity contribution in [2.75, 3.05) is 4.90 Å². The highest BCUT2D eigenvalue weighted by Crippen LogP contribution is 2.46. The summed E-state index contributed by atoms with van der Waals surface area (Å²) in [6.45, 7) is 0. The van der Waals surface area contributed by atoms with Gasteiger partial charge in [-0.05, 0) is 75.6 Å². The summed E-state index contributed by atoms with van der Waals surface area (Å²) in [7, 11) is 0. The number of hydrogen-bond acceptors (Lipinski definition) is 2. The summed E-state index contributed by atoms with van der Waals surface area (Å²) in [5.74, 6) is 0. The molecule has 48 heavy (non-hydrogen) atoms. The largest absolute Gasteiger partial charge is 0.455 e. The second-order valence-electron chi connectivity index (χ2n) is 11.7. The van der Waals surface area contributed by atoms with Crippen LogP contribution in [-0.4, -0.2) is 0 Å². The minimum Gasteiger partial charge on any atom is -0.455 e. The molecule has 2 nitrogen and oxygen atoms in total. The highest BCUT2D eigenvalue weighted by atomic mass is 16.3. The predicted molar refractivity (Wildman–Crippen MR) is 202 cm³/mol. The Morgan fingerprint density at radius 3 is 1.67 bits per heavy atom. The minimum absolute atomic E-state index is 0.0245. The Balaban J connectivity index is 1.28. The van der Waals surface area contributed by atoms with Crippen LogP contribution in [0.2, 0.25) is 0 Å². The molecule has 9 rings (SSSR count). The predicted octanol–water partition coefficient (Wildman–Crippen LogP) is 13.2. The molecular weight excluding hydrogens is 583 g/mol. The van der Waals surface area contributed by atoms with Gasteiger partial charge in [-0.2, -0.15) is 0 Å². The fourth-order valence-corrected chi connectivity index (χ4v) is 6.56. The van der Waals surface area contributed by atoms with Gasteiger partial charge in [0.15, 0.2) is 0 Å². The molecule has 226 valence electrons. The molecule has 0 amide bonds. The number of fused-ring (bicyclic) bond motifs is 5. The summed E-state index contributed by atoms with van der Waals surface area (Å²) >= 11 is 0. The van der Waals surface area contributed by atoms with E-state index in [-0.39, 0.29) is 40.5 Å². The van der Waals surface area contributed by atoms with Gasteiger partial charge in [-0.1, -0.05) is 145 Å². The molecule has 0 spiro atoms. The Hall–Kier alpha value is -6.38. The molecule has 2 heteroatoms. The monoisotopic (exact) mass is 619 g/mol. The lowest BCUT2D eigenvalue weighted by Crippen LogP contribution is -2.11. The van der Waals surface area contributed by atoms with Gasteiger partial charge in [0.05, 0.1) is 13.9 Å². The Morgan fingerprint density at radius 2 is 1.00 bits per heavy atom. The normalized spacial score (nSPS) is 13.1. The number of furan rings is 1. The van der Waals surface area contributed by atoms with Crippen LogP contribution in [0.3, 0.4) is 0 Å². The summed E-state index contributed by atoms with van der Waals surface area (Å²) in [5.41, 5.74) is 9.44. The number of nitrogens with zero attached hydrogens (tertiary/aromatic N) is 1. The van der Waals surface area contributed by atoms with Crippen molar-refractivity contribution in [3.63, 3.8) is 0 Å². The third kappa shape index (κ3) is 4.83. The van der Waals surface area contributed by atoms with Gasteiger partial charge in [-0.15, -0.1) is 0 Å². The van der Waals surface area contributed by atoms with Crippen LogP contribution >= 0.6 is 0 Å². The van der Waals surface area contributed by atoms with Crippen LogP contribution in [0.4, 0.5) is 17.1 Å². The Kier molecular flexibility index (Phi) is 5.44. The van der Waals surface area contributed by atoms with Gasteiger partial charge in [-0.3, -0.25) is 0 Å². The number of para-hydroxylation sites is 1. The fourth-order valence-electron chi connectivity index (χ4n) is 6.56. The maximum Gasteiger partial charge on any atom is 0.143 e. The molecule has 8 aromatic carbocycles. The molecule has 0 aliphatic carbocycles. The molecule has 1 aromatic heterocycles. The number of rotatable bonds is 6. The zero-order chi connectivity index (χ0) is 37.1. The van der Waals surface area contributed by atoms with E-state index in [2.05, 4.69) is 83.8 Å². The second-order valence-corrected chi connectivity index (χ2v) is 11.7. The first kappa shape index (κ1) is 22.2. The molecule has 0 unspecified atom stereocenters. The first-order chi connectivity index (χ1) is 26.3. The minimum atomic E-state index is -0.445. The molecule has 0 aliphatic rings. The molecule has 0 fully saturated rings. The van der Waals surface area contributed by atoms with Gasteiger partial charge in [0, 0.05) is 33.1 Å². The van der Waals surface area contributed by atoms with Crippen LogP contribution < -0.4 is 4.90 Å². The number of benzene rings is 8. The van der Waals surface area contributed by atoms with Crippen molar-refractivity contribution in [1.29, 1.82) is 0 Å². The Labute approximate surface area is 288 Å². The lowest BCUT2D eigenvalue weighted by atomic mass is 9.96. The summed E-state index contributed by atoms with van der Waals surface area (Å²) in [5, 5.41) is 1.02. The summed E-state index contributed by atoms with van der Waals surface area (Å²) < 4.78 is 58.6. The van der Waals surface area contributed by atoms with E-state index in [9.17, 15) is 1.37 Å². The lowest BCUT2D eigenvalue weighted by molar-refractivity contribution is 0.673. The molecule has 0 N–H and O–H groups in total. The van der Waals surface area contributed by atoms with E-state index < -0.39 is 12.1 Å². The molecule has 0 saturated heterocycles. The quantitative estimate of drug-likeness (QED) is 0.184. The maximum absolute atomic E-state index is 9.20. The maximum atomic E-state index is 9.20. The van der Waals surface area contributed by atoms with Gasteiger partial charge < -0.3 is 9.32 Å². The van der Waals surface area contributed by atoms with Crippen molar-refractivity contribution in [3.05, 3.63) is 188 Å². The molecule has 1 heterocycles. The van der Waals surface area contributed by atoms with Crippen molar-refractivity contribution < 1.29 is 12.6 Å². The van der Waals surface area contributed by atoms with Gasteiger partial charge in [0.1, 0.15) is 11.2 Å². The van der Waals surface area contributed by atoms with Gasteiger partial charge >= 0.3 is 0 Å². The molecular formula is C46H31NO. The topological polar surface area (TPSA) is 16.4 Å². The van der Waals surface area contributed by atoms with E-state index in [1.807, 2.05) is 66.7 Å². The van der Waals surface area contributed by atoms with Crippen molar-refractivity contribution in [3.8, 4) is 33.4 Å². The van der Waals surface area contributed by atoms with Crippen molar-refractivity contribution in [2.24, 2.45) is 0 Å². The van der Waals surface area contributed by atoms with Crippen LogP contribution in [0.1, 0.15) is 8.22 Å². The van der Waals surface area contributed by atoms with E-state index >= 15 is 0 Å². The van der Waals surface area contributed by atoms with E-state index in [0.29, 0.717) is 16.4 Å². The van der Waals surface area contributed by atoms with Crippen LogP contribution in [0.25, 0.3) is 66.1 Å². The Bertz CT molecular complexity index is 2790. The average Bonchev–Trinajstić information content (AvgIpc) is 3.62. The number of anilines is 3. The van der Waals surface area contributed by atoms with Crippen LogP contribution in [0.15, 0.2) is 192 Å².